The van der Waals surface area contributed by atoms with E-state index in [0.29, 0.717) is 5.88 Å². The van der Waals surface area contributed by atoms with Crippen LogP contribution >= 0.6 is 43.5 Å². The summed E-state index contributed by atoms with van der Waals surface area (Å²) in [7, 11) is 0. The molecule has 2 rings (SSSR count). The van der Waals surface area contributed by atoms with E-state index in [1.807, 2.05) is 24.3 Å². The molecule has 0 spiro atoms. The molecule has 0 radical (unpaired) electrons. The predicted octanol–water partition coefficient (Wildman–Crippen LogP) is 5.17. The van der Waals surface area contributed by atoms with Gasteiger partial charge >= 0.3 is 0 Å². The first kappa shape index (κ1) is 14.8. The summed E-state index contributed by atoms with van der Waals surface area (Å²) in [6, 6.07) is 12.1. The number of pyridine rings is 1. The van der Waals surface area contributed by atoms with Gasteiger partial charge < -0.3 is 5.32 Å². The van der Waals surface area contributed by atoms with Crippen LogP contribution in [0.25, 0.3) is 0 Å². The summed E-state index contributed by atoms with van der Waals surface area (Å²) in [5, 5.41) is 3.41. The largest absolute Gasteiger partial charge is 0.359 e. The second kappa shape index (κ2) is 6.25. The van der Waals surface area contributed by atoms with Crippen molar-refractivity contribution in [3.63, 3.8) is 0 Å². The molecule has 1 heterocycles. The zero-order valence-corrected chi connectivity index (χ0v) is 14.3. The van der Waals surface area contributed by atoms with Crippen LogP contribution in [-0.2, 0) is 5.54 Å². The van der Waals surface area contributed by atoms with Crippen molar-refractivity contribution in [3.05, 3.63) is 57.1 Å². The highest BCUT2D eigenvalue weighted by atomic mass is 79.9. The van der Waals surface area contributed by atoms with E-state index in [2.05, 4.69) is 61.2 Å². The second-order valence-corrected chi connectivity index (χ2v) is 6.48. The number of hydrogen-bond acceptors (Lipinski definition) is 2. The standard InChI is InChI=1S/C14H13Br2ClN2/c1-14(9-17,10-5-3-2-4-6-10)19-13-12(16)7-11(15)8-18-13/h2-8H,9H2,1H3,(H,18,19). The molecule has 2 nitrogen and oxygen atoms in total. The highest BCUT2D eigenvalue weighted by Gasteiger charge is 2.26. The Morgan fingerprint density at radius 2 is 1.95 bits per heavy atom. The zero-order chi connectivity index (χ0) is 13.9. The van der Waals surface area contributed by atoms with Gasteiger partial charge in [0, 0.05) is 16.5 Å². The summed E-state index contributed by atoms with van der Waals surface area (Å²) in [5.41, 5.74) is 0.758. The number of rotatable bonds is 4. The van der Waals surface area contributed by atoms with Gasteiger partial charge in [0.05, 0.1) is 10.0 Å². The zero-order valence-electron chi connectivity index (χ0n) is 10.3. The fraction of sp³-hybridized carbons (Fsp3) is 0.214. The fourth-order valence-corrected chi connectivity index (χ4v) is 3.06. The van der Waals surface area contributed by atoms with E-state index in [1.54, 1.807) is 6.20 Å². The van der Waals surface area contributed by atoms with Gasteiger partial charge in [-0.15, -0.1) is 11.6 Å². The van der Waals surface area contributed by atoms with Crippen LogP contribution < -0.4 is 5.32 Å². The first-order valence-electron chi connectivity index (χ1n) is 5.76. The van der Waals surface area contributed by atoms with Gasteiger partial charge in [-0.3, -0.25) is 0 Å². The van der Waals surface area contributed by atoms with Gasteiger partial charge in [0.2, 0.25) is 0 Å². The molecule has 5 heteroatoms. The van der Waals surface area contributed by atoms with Gasteiger partial charge in [-0.05, 0) is 50.4 Å². The van der Waals surface area contributed by atoms with E-state index in [0.717, 1.165) is 20.3 Å². The minimum atomic E-state index is -0.369. The number of hydrogen-bond donors (Lipinski definition) is 1. The Morgan fingerprint density at radius 3 is 2.53 bits per heavy atom. The molecule has 1 unspecified atom stereocenters. The van der Waals surface area contributed by atoms with Crippen molar-refractivity contribution in [2.45, 2.75) is 12.5 Å². The summed E-state index contributed by atoms with van der Waals surface area (Å²) in [4.78, 5) is 4.37. The number of anilines is 1. The minimum absolute atomic E-state index is 0.369. The molecule has 19 heavy (non-hydrogen) atoms. The van der Waals surface area contributed by atoms with Crippen LogP contribution in [0.15, 0.2) is 51.5 Å². The van der Waals surface area contributed by atoms with Gasteiger partial charge in [0.1, 0.15) is 5.82 Å². The van der Waals surface area contributed by atoms with Crippen LogP contribution in [0, 0.1) is 0 Å². The molecule has 0 saturated heterocycles. The van der Waals surface area contributed by atoms with E-state index in [-0.39, 0.29) is 5.54 Å². The molecule has 100 valence electrons. The van der Waals surface area contributed by atoms with Crippen molar-refractivity contribution >= 4 is 49.3 Å². The molecule has 0 aliphatic carbocycles. The average Bonchev–Trinajstić information content (AvgIpc) is 2.43. The molecular weight excluding hydrogens is 391 g/mol. The molecule has 0 aliphatic rings. The van der Waals surface area contributed by atoms with E-state index >= 15 is 0 Å². The van der Waals surface area contributed by atoms with Gasteiger partial charge in [0.15, 0.2) is 0 Å². The maximum Gasteiger partial charge on any atom is 0.141 e. The van der Waals surface area contributed by atoms with E-state index in [4.69, 9.17) is 11.6 Å². The maximum atomic E-state index is 6.16. The van der Waals surface area contributed by atoms with Crippen molar-refractivity contribution in [3.8, 4) is 0 Å². The highest BCUT2D eigenvalue weighted by Crippen LogP contribution is 2.31. The molecule has 2 aromatic rings. The van der Waals surface area contributed by atoms with Gasteiger partial charge in [-0.2, -0.15) is 0 Å². The topological polar surface area (TPSA) is 24.9 Å². The quantitative estimate of drug-likeness (QED) is 0.711. The first-order valence-corrected chi connectivity index (χ1v) is 7.88. The van der Waals surface area contributed by atoms with Crippen LogP contribution in [0.5, 0.6) is 0 Å². The second-order valence-electron chi connectivity index (χ2n) is 4.44. The smallest absolute Gasteiger partial charge is 0.141 e. The summed E-state index contributed by atoms with van der Waals surface area (Å²) in [6.07, 6.45) is 1.76. The number of aromatic nitrogens is 1. The lowest BCUT2D eigenvalue weighted by atomic mass is 9.94. The van der Waals surface area contributed by atoms with Crippen LogP contribution in [-0.4, -0.2) is 10.9 Å². The lowest BCUT2D eigenvalue weighted by Crippen LogP contribution is -2.34. The van der Waals surface area contributed by atoms with Crippen LogP contribution in [0.3, 0.4) is 0 Å². The maximum absolute atomic E-state index is 6.16. The highest BCUT2D eigenvalue weighted by molar-refractivity contribution is 9.11. The molecule has 0 amide bonds. The summed E-state index contributed by atoms with van der Waals surface area (Å²) >= 11 is 13.1. The normalized spacial score (nSPS) is 13.9. The number of nitrogens with one attached hydrogen (secondary N) is 1. The van der Waals surface area contributed by atoms with Crippen molar-refractivity contribution in [1.29, 1.82) is 0 Å². The molecule has 1 atom stereocenters. The Kier molecular flexibility index (Phi) is 4.87. The summed E-state index contributed by atoms with van der Waals surface area (Å²) in [5.74, 6) is 1.22. The van der Waals surface area contributed by atoms with Crippen LogP contribution in [0.4, 0.5) is 5.82 Å². The third-order valence-electron chi connectivity index (χ3n) is 2.88. The fourth-order valence-electron chi connectivity index (χ4n) is 1.76. The first-order chi connectivity index (χ1) is 9.05. The third kappa shape index (κ3) is 3.50. The van der Waals surface area contributed by atoms with Gasteiger partial charge in [0.25, 0.3) is 0 Å². The SMILES string of the molecule is CC(CCl)(Nc1ncc(Br)cc1Br)c1ccccc1. The molecule has 1 aromatic heterocycles. The Labute approximate surface area is 134 Å². The lowest BCUT2D eigenvalue weighted by Gasteiger charge is -2.30. The Hall–Kier alpha value is -0.580. The predicted molar refractivity (Wildman–Crippen MR) is 87.8 cm³/mol. The minimum Gasteiger partial charge on any atom is -0.359 e. The summed E-state index contributed by atoms with van der Waals surface area (Å²) < 4.78 is 1.83. The number of benzene rings is 1. The number of nitrogens with zero attached hydrogens (tertiary/aromatic N) is 1. The molecule has 0 saturated carbocycles. The monoisotopic (exact) mass is 402 g/mol. The average molecular weight is 405 g/mol. The third-order valence-corrected chi connectivity index (χ3v) is 4.45. The molecule has 1 aromatic carbocycles. The van der Waals surface area contributed by atoms with E-state index < -0.39 is 0 Å². The lowest BCUT2D eigenvalue weighted by molar-refractivity contribution is 0.613. The van der Waals surface area contributed by atoms with E-state index in [9.17, 15) is 0 Å². The number of halogens is 3. The Bertz CT molecular complexity index is 563. The van der Waals surface area contributed by atoms with Crippen molar-refractivity contribution in [2.75, 3.05) is 11.2 Å². The molecule has 0 bridgehead atoms. The Balaban J connectivity index is 2.33. The van der Waals surface area contributed by atoms with Crippen LogP contribution in [0.2, 0.25) is 0 Å². The molecule has 1 N–H and O–H groups in total. The summed E-state index contributed by atoms with van der Waals surface area (Å²) in [6.45, 7) is 2.06. The number of alkyl halides is 1. The van der Waals surface area contributed by atoms with Gasteiger partial charge in [-0.1, -0.05) is 30.3 Å². The van der Waals surface area contributed by atoms with Crippen molar-refractivity contribution in [2.24, 2.45) is 0 Å². The van der Waals surface area contributed by atoms with Crippen LogP contribution in [0.1, 0.15) is 12.5 Å². The van der Waals surface area contributed by atoms with Crippen molar-refractivity contribution < 1.29 is 0 Å². The molecule has 0 fully saturated rings. The van der Waals surface area contributed by atoms with Gasteiger partial charge in [-0.25, -0.2) is 4.98 Å². The van der Waals surface area contributed by atoms with Crippen molar-refractivity contribution in [1.82, 2.24) is 4.98 Å². The molecular formula is C14H13Br2ClN2. The van der Waals surface area contributed by atoms with E-state index in [1.165, 1.54) is 0 Å². The Morgan fingerprint density at radius 1 is 1.26 bits per heavy atom. The molecule has 0 aliphatic heterocycles.